The van der Waals surface area contributed by atoms with E-state index in [1.165, 1.54) is 9.25 Å². The van der Waals surface area contributed by atoms with Crippen LogP contribution < -0.4 is 5.56 Å². The lowest BCUT2D eigenvalue weighted by Gasteiger charge is -2.19. The van der Waals surface area contributed by atoms with Gasteiger partial charge in [-0.05, 0) is 29.2 Å². The van der Waals surface area contributed by atoms with Gasteiger partial charge in [0, 0.05) is 29.8 Å². The third-order valence-electron chi connectivity index (χ3n) is 5.53. The van der Waals surface area contributed by atoms with E-state index < -0.39 is 5.97 Å². The number of aliphatic hydroxyl groups is 1. The Balaban J connectivity index is 1.90. The standard InChI is InChI=1S/C24H24N4O4/c1-24(2,3)15-8-9-16-14(10-15)11-25-28(22(16)30)20-7-5-6-17(18(20)13-29)19-12-27(4)21(26-19)23(31)32/h5-12,29H,13H2,1-4H3,(H,31,32). The van der Waals surface area contributed by atoms with Gasteiger partial charge < -0.3 is 14.8 Å². The maximum atomic E-state index is 13.3. The number of imidazole rings is 1. The fraction of sp³-hybridized carbons (Fsp3) is 0.250. The minimum absolute atomic E-state index is 0.0566. The molecule has 0 bridgehead atoms. The predicted molar refractivity (Wildman–Crippen MR) is 121 cm³/mol. The first kappa shape index (κ1) is 21.5. The molecular weight excluding hydrogens is 408 g/mol. The molecule has 4 aromatic rings. The molecule has 164 valence electrons. The van der Waals surface area contributed by atoms with E-state index in [9.17, 15) is 19.8 Å². The minimum atomic E-state index is -1.15. The van der Waals surface area contributed by atoms with Gasteiger partial charge in [-0.15, -0.1) is 0 Å². The number of aryl methyl sites for hydroxylation is 1. The highest BCUT2D eigenvalue weighted by Gasteiger charge is 2.20. The number of fused-ring (bicyclic) bond motifs is 1. The van der Waals surface area contributed by atoms with E-state index in [-0.39, 0.29) is 23.4 Å². The molecule has 0 spiro atoms. The van der Waals surface area contributed by atoms with Crippen LogP contribution >= 0.6 is 0 Å². The first-order chi connectivity index (χ1) is 15.1. The van der Waals surface area contributed by atoms with Gasteiger partial charge in [-0.2, -0.15) is 9.78 Å². The predicted octanol–water partition coefficient (Wildman–Crippen LogP) is 3.27. The molecule has 0 radical (unpaired) electrons. The molecule has 2 aromatic carbocycles. The molecule has 0 aliphatic carbocycles. The molecule has 0 saturated heterocycles. The Hall–Kier alpha value is -3.78. The van der Waals surface area contributed by atoms with Crippen molar-refractivity contribution in [3.05, 3.63) is 76.1 Å². The highest BCUT2D eigenvalue weighted by atomic mass is 16.4. The van der Waals surface area contributed by atoms with Gasteiger partial charge in [0.15, 0.2) is 0 Å². The Morgan fingerprint density at radius 2 is 1.91 bits per heavy atom. The molecule has 32 heavy (non-hydrogen) atoms. The summed E-state index contributed by atoms with van der Waals surface area (Å²) in [6.07, 6.45) is 3.22. The second kappa shape index (κ2) is 7.72. The summed E-state index contributed by atoms with van der Waals surface area (Å²) in [5.74, 6) is -1.27. The molecule has 0 aliphatic heterocycles. The van der Waals surface area contributed by atoms with Gasteiger partial charge in [0.05, 0.1) is 29.6 Å². The monoisotopic (exact) mass is 432 g/mol. The van der Waals surface area contributed by atoms with Crippen molar-refractivity contribution in [2.24, 2.45) is 7.05 Å². The van der Waals surface area contributed by atoms with Crippen LogP contribution in [0.1, 0.15) is 42.5 Å². The lowest BCUT2D eigenvalue weighted by Crippen LogP contribution is -2.23. The Morgan fingerprint density at radius 1 is 1.16 bits per heavy atom. The smallest absolute Gasteiger partial charge is 0.372 e. The van der Waals surface area contributed by atoms with Crippen LogP contribution in [0.3, 0.4) is 0 Å². The molecule has 0 unspecified atom stereocenters. The van der Waals surface area contributed by atoms with Crippen LogP contribution in [0.2, 0.25) is 0 Å². The number of nitrogens with zero attached hydrogens (tertiary/aromatic N) is 4. The maximum absolute atomic E-state index is 13.3. The van der Waals surface area contributed by atoms with Crippen LogP contribution in [0.25, 0.3) is 27.7 Å². The first-order valence-electron chi connectivity index (χ1n) is 10.1. The van der Waals surface area contributed by atoms with Crippen molar-refractivity contribution >= 4 is 16.7 Å². The molecule has 2 heterocycles. The zero-order valence-corrected chi connectivity index (χ0v) is 18.3. The van der Waals surface area contributed by atoms with Crippen molar-refractivity contribution in [2.45, 2.75) is 32.8 Å². The van der Waals surface area contributed by atoms with Crippen LogP contribution in [0.15, 0.2) is 53.6 Å². The number of carbonyl (C=O) groups is 1. The molecule has 0 amide bonds. The second-order valence-corrected chi connectivity index (χ2v) is 8.74. The third kappa shape index (κ3) is 3.58. The van der Waals surface area contributed by atoms with E-state index in [1.807, 2.05) is 12.1 Å². The molecular formula is C24H24N4O4. The molecule has 0 atom stereocenters. The Labute approximate surface area is 184 Å². The second-order valence-electron chi connectivity index (χ2n) is 8.74. The molecule has 0 fully saturated rings. The summed E-state index contributed by atoms with van der Waals surface area (Å²) in [5.41, 5.74) is 2.51. The lowest BCUT2D eigenvalue weighted by molar-refractivity contribution is 0.0680. The van der Waals surface area contributed by atoms with E-state index >= 15 is 0 Å². The van der Waals surface area contributed by atoms with Crippen molar-refractivity contribution in [1.29, 1.82) is 0 Å². The highest BCUT2D eigenvalue weighted by molar-refractivity contribution is 5.85. The van der Waals surface area contributed by atoms with Gasteiger partial charge in [0.25, 0.3) is 5.56 Å². The summed E-state index contributed by atoms with van der Waals surface area (Å²) in [6, 6.07) is 10.9. The fourth-order valence-corrected chi connectivity index (χ4v) is 3.76. The minimum Gasteiger partial charge on any atom is -0.475 e. The van der Waals surface area contributed by atoms with Crippen molar-refractivity contribution in [1.82, 2.24) is 19.3 Å². The average Bonchev–Trinajstić information content (AvgIpc) is 3.14. The van der Waals surface area contributed by atoms with E-state index in [0.717, 1.165) is 10.9 Å². The van der Waals surface area contributed by atoms with Crippen LogP contribution in [-0.2, 0) is 19.1 Å². The van der Waals surface area contributed by atoms with Crippen molar-refractivity contribution in [3.63, 3.8) is 0 Å². The van der Waals surface area contributed by atoms with Gasteiger partial charge >= 0.3 is 5.97 Å². The summed E-state index contributed by atoms with van der Waals surface area (Å²) in [7, 11) is 1.59. The summed E-state index contributed by atoms with van der Waals surface area (Å²) in [4.78, 5) is 28.8. The molecule has 0 saturated carbocycles. The molecule has 2 N–H and O–H groups in total. The van der Waals surface area contributed by atoms with Crippen LogP contribution in [0, 0.1) is 0 Å². The summed E-state index contributed by atoms with van der Waals surface area (Å²) in [6.45, 7) is 5.94. The number of hydrogen-bond donors (Lipinski definition) is 2. The summed E-state index contributed by atoms with van der Waals surface area (Å²) < 4.78 is 2.66. The Morgan fingerprint density at radius 3 is 2.53 bits per heavy atom. The first-order valence-corrected chi connectivity index (χ1v) is 10.1. The molecule has 4 rings (SSSR count). The highest BCUT2D eigenvalue weighted by Crippen LogP contribution is 2.28. The number of hydrogen-bond acceptors (Lipinski definition) is 5. The zero-order chi connectivity index (χ0) is 23.2. The number of aromatic carboxylic acids is 1. The largest absolute Gasteiger partial charge is 0.475 e. The van der Waals surface area contributed by atoms with Gasteiger partial charge in [0.1, 0.15) is 0 Å². The van der Waals surface area contributed by atoms with Crippen LogP contribution in [-0.4, -0.2) is 35.5 Å². The number of carboxylic acid groups (broad SMARTS) is 1. The van der Waals surface area contributed by atoms with Crippen LogP contribution in [0.5, 0.6) is 0 Å². The molecule has 0 aliphatic rings. The Bertz CT molecular complexity index is 1410. The topological polar surface area (TPSA) is 110 Å². The lowest BCUT2D eigenvalue weighted by atomic mass is 9.86. The van der Waals surface area contributed by atoms with Gasteiger partial charge in [0.2, 0.25) is 5.82 Å². The average molecular weight is 432 g/mol. The number of carboxylic acids is 1. The number of benzene rings is 2. The summed E-state index contributed by atoms with van der Waals surface area (Å²) in [5, 5.41) is 25.1. The maximum Gasteiger partial charge on any atom is 0.372 e. The third-order valence-corrected chi connectivity index (χ3v) is 5.53. The normalized spacial score (nSPS) is 11.8. The number of aliphatic hydroxyl groups excluding tert-OH is 1. The molecule has 2 aromatic heterocycles. The number of aromatic nitrogens is 4. The van der Waals surface area contributed by atoms with Crippen molar-refractivity contribution in [3.8, 4) is 16.9 Å². The van der Waals surface area contributed by atoms with E-state index in [1.54, 1.807) is 43.7 Å². The van der Waals surface area contributed by atoms with Gasteiger partial charge in [-0.1, -0.05) is 39.0 Å². The van der Waals surface area contributed by atoms with E-state index in [4.69, 9.17) is 0 Å². The van der Waals surface area contributed by atoms with E-state index in [2.05, 4.69) is 30.9 Å². The SMILES string of the molecule is Cn1cc(-c2cccc(-n3ncc4cc(C(C)(C)C)ccc4c3=O)c2CO)nc1C(=O)O. The van der Waals surface area contributed by atoms with Crippen molar-refractivity contribution in [2.75, 3.05) is 0 Å². The van der Waals surface area contributed by atoms with Crippen molar-refractivity contribution < 1.29 is 15.0 Å². The van der Waals surface area contributed by atoms with Gasteiger partial charge in [-0.25, -0.2) is 9.78 Å². The Kier molecular flexibility index (Phi) is 5.18. The molecule has 8 heteroatoms. The molecule has 8 nitrogen and oxygen atoms in total. The fourth-order valence-electron chi connectivity index (χ4n) is 3.76. The van der Waals surface area contributed by atoms with Crippen LogP contribution in [0.4, 0.5) is 0 Å². The number of rotatable bonds is 4. The van der Waals surface area contributed by atoms with E-state index in [0.29, 0.717) is 27.9 Å². The quantitative estimate of drug-likeness (QED) is 0.512. The van der Waals surface area contributed by atoms with Gasteiger partial charge in [-0.3, -0.25) is 4.79 Å². The summed E-state index contributed by atoms with van der Waals surface area (Å²) >= 11 is 0. The zero-order valence-electron chi connectivity index (χ0n) is 18.3.